The van der Waals surface area contributed by atoms with Crippen molar-refractivity contribution in [1.29, 1.82) is 0 Å². The molecule has 3 aromatic heterocycles. The molecule has 0 saturated carbocycles. The van der Waals surface area contributed by atoms with Crippen molar-refractivity contribution >= 4 is 82.7 Å². The van der Waals surface area contributed by atoms with E-state index in [0.717, 1.165) is 88.9 Å². The van der Waals surface area contributed by atoms with E-state index in [1.807, 2.05) is 6.07 Å². The van der Waals surface area contributed by atoms with Crippen LogP contribution in [0.25, 0.3) is 105 Å². The minimum absolute atomic E-state index is 0.290. The zero-order valence-electron chi connectivity index (χ0n) is 37.0. The number of anilines is 3. The molecule has 13 aromatic rings. The van der Waals surface area contributed by atoms with Crippen molar-refractivity contribution in [2.24, 2.45) is 0 Å². The van der Waals surface area contributed by atoms with E-state index in [1.54, 1.807) is 0 Å². The molecular weight excluding hydrogens is 817 g/mol. The Morgan fingerprint density at radius 3 is 1.75 bits per heavy atom. The van der Waals surface area contributed by atoms with Crippen molar-refractivity contribution in [2.45, 2.75) is 19.3 Å². The van der Waals surface area contributed by atoms with Gasteiger partial charge >= 0.3 is 0 Å². The van der Waals surface area contributed by atoms with E-state index in [9.17, 15) is 0 Å². The topological polar surface area (TPSA) is 34.5 Å². The van der Waals surface area contributed by atoms with Crippen molar-refractivity contribution in [3.63, 3.8) is 0 Å². The molecule has 1 aliphatic rings. The van der Waals surface area contributed by atoms with E-state index in [4.69, 9.17) is 8.83 Å². The summed E-state index contributed by atoms with van der Waals surface area (Å²) in [7, 11) is 0. The number of benzene rings is 10. The van der Waals surface area contributed by atoms with E-state index < -0.39 is 0 Å². The Labute approximate surface area is 387 Å². The molecule has 10 aromatic carbocycles. The fraction of sp³-hybridized carbons (Fsp3) is 0.0476. The van der Waals surface area contributed by atoms with Gasteiger partial charge in [0.1, 0.15) is 22.3 Å². The average Bonchev–Trinajstić information content (AvgIpc) is 4.12. The van der Waals surface area contributed by atoms with E-state index in [-0.39, 0.29) is 5.41 Å². The molecule has 0 atom stereocenters. The first-order valence-electron chi connectivity index (χ1n) is 23.1. The smallest absolute Gasteiger partial charge is 0.145 e. The molecule has 1 aliphatic carbocycles. The summed E-state index contributed by atoms with van der Waals surface area (Å²) < 4.78 is 16.0. The second kappa shape index (κ2) is 14.2. The van der Waals surface area contributed by atoms with Crippen LogP contribution in [0.1, 0.15) is 25.0 Å². The first-order valence-corrected chi connectivity index (χ1v) is 23.1. The maximum atomic E-state index is 7.12. The van der Waals surface area contributed by atoms with Crippen LogP contribution in [0, 0.1) is 0 Å². The lowest BCUT2D eigenvalue weighted by molar-refractivity contribution is 0.661. The summed E-state index contributed by atoms with van der Waals surface area (Å²) in [6.07, 6.45) is 0. The van der Waals surface area contributed by atoms with Crippen LogP contribution < -0.4 is 4.90 Å². The zero-order valence-corrected chi connectivity index (χ0v) is 37.0. The van der Waals surface area contributed by atoms with E-state index in [1.165, 1.54) is 44.1 Å². The first-order chi connectivity index (χ1) is 33.0. The average molecular weight is 859 g/mol. The van der Waals surface area contributed by atoms with Gasteiger partial charge in [-0.1, -0.05) is 166 Å². The number of rotatable bonds is 6. The Kier molecular flexibility index (Phi) is 8.00. The van der Waals surface area contributed by atoms with Crippen LogP contribution in [0.4, 0.5) is 17.1 Å². The maximum absolute atomic E-state index is 7.12. The van der Waals surface area contributed by atoms with Gasteiger partial charge in [-0.3, -0.25) is 0 Å². The van der Waals surface area contributed by atoms with Gasteiger partial charge in [0.2, 0.25) is 0 Å². The number of aromatic nitrogens is 1. The third-order valence-corrected chi connectivity index (χ3v) is 14.4. The summed E-state index contributed by atoms with van der Waals surface area (Å²) in [6, 6.07) is 78.8. The predicted molar refractivity (Wildman–Crippen MR) is 278 cm³/mol. The summed E-state index contributed by atoms with van der Waals surface area (Å²) in [5.74, 6) is 0. The zero-order chi connectivity index (χ0) is 44.4. The quantitative estimate of drug-likeness (QED) is 0.167. The maximum Gasteiger partial charge on any atom is 0.145 e. The van der Waals surface area contributed by atoms with Gasteiger partial charge in [-0.05, 0) is 100 Å². The summed E-state index contributed by atoms with van der Waals surface area (Å²) in [5, 5.41) is 6.81. The molecule has 0 aliphatic heterocycles. The lowest BCUT2D eigenvalue weighted by atomic mass is 9.81. The van der Waals surface area contributed by atoms with Crippen molar-refractivity contribution in [1.82, 2.24) is 4.57 Å². The van der Waals surface area contributed by atoms with Crippen LogP contribution >= 0.6 is 0 Å². The molecule has 0 fully saturated rings. The van der Waals surface area contributed by atoms with Crippen molar-refractivity contribution < 1.29 is 8.83 Å². The molecule has 4 nitrogen and oxygen atoms in total. The van der Waals surface area contributed by atoms with Crippen LogP contribution in [-0.4, -0.2) is 4.57 Å². The van der Waals surface area contributed by atoms with Crippen molar-refractivity contribution in [3.8, 4) is 39.1 Å². The third kappa shape index (κ3) is 5.41. The highest BCUT2D eigenvalue weighted by Gasteiger charge is 2.39. The standard InChI is InChI=1S/C63H42N2O2/c1-63(2)50-28-9-3-20-42(50)47-27-16-32-55(61(47)63)65(53-31-12-6-23-45(53)46-26-17-35-58-59(46)48-24-7-13-33-56(48)66-58)54-37-36-41(62-60(54)49-25-8-14-34-57(49)67-62)39-18-15-19-40(38-39)64-51-29-10-4-21-43(51)44-22-5-11-30-52(44)64/h3-38H,1-2H3. The minimum Gasteiger partial charge on any atom is -0.456 e. The Hall–Kier alpha value is -8.60. The molecule has 67 heavy (non-hydrogen) atoms. The fourth-order valence-electron chi connectivity index (χ4n) is 11.5. The second-order valence-electron chi connectivity index (χ2n) is 18.4. The van der Waals surface area contributed by atoms with Gasteiger partial charge in [0.25, 0.3) is 0 Å². The monoisotopic (exact) mass is 858 g/mol. The normalized spacial score (nSPS) is 13.0. The van der Waals surface area contributed by atoms with E-state index in [0.29, 0.717) is 0 Å². The minimum atomic E-state index is -0.290. The Bertz CT molecular complexity index is 4110. The predicted octanol–water partition coefficient (Wildman–Crippen LogP) is 17.7. The summed E-state index contributed by atoms with van der Waals surface area (Å²) in [6.45, 7) is 4.75. The van der Waals surface area contributed by atoms with Crippen LogP contribution in [0.15, 0.2) is 227 Å². The SMILES string of the molecule is CC1(C)c2ccccc2-c2cccc(N(c3ccccc3-c3cccc4oc5ccccc5c34)c3ccc(-c4cccc(-n5c6ccccc6c6ccccc65)c4)c4oc5ccccc5c34)c21. The number of fused-ring (bicyclic) bond motifs is 12. The molecule has 0 unspecified atom stereocenters. The lowest BCUT2D eigenvalue weighted by Gasteiger charge is -2.34. The number of furan rings is 2. The summed E-state index contributed by atoms with van der Waals surface area (Å²) in [4.78, 5) is 2.52. The summed E-state index contributed by atoms with van der Waals surface area (Å²) in [5.41, 5.74) is 19.3. The highest BCUT2D eigenvalue weighted by Crippen LogP contribution is 2.57. The Balaban J connectivity index is 1.06. The number of hydrogen-bond donors (Lipinski definition) is 0. The van der Waals surface area contributed by atoms with Gasteiger partial charge in [0, 0.05) is 49.2 Å². The Morgan fingerprint density at radius 1 is 0.388 bits per heavy atom. The molecule has 0 amide bonds. The molecule has 0 bridgehead atoms. The molecule has 0 spiro atoms. The largest absolute Gasteiger partial charge is 0.456 e. The molecule has 0 N–H and O–H groups in total. The van der Waals surface area contributed by atoms with Crippen molar-refractivity contribution in [2.75, 3.05) is 4.90 Å². The van der Waals surface area contributed by atoms with Crippen molar-refractivity contribution in [3.05, 3.63) is 230 Å². The molecule has 4 heteroatoms. The number of para-hydroxylation sites is 5. The molecule has 0 saturated heterocycles. The highest BCUT2D eigenvalue weighted by molar-refractivity contribution is 6.19. The summed E-state index contributed by atoms with van der Waals surface area (Å²) >= 11 is 0. The van der Waals surface area contributed by atoms with Gasteiger partial charge in [-0.25, -0.2) is 0 Å². The van der Waals surface area contributed by atoms with Crippen LogP contribution in [0.3, 0.4) is 0 Å². The highest BCUT2D eigenvalue weighted by atomic mass is 16.3. The lowest BCUT2D eigenvalue weighted by Crippen LogP contribution is -2.21. The number of nitrogens with zero attached hydrogens (tertiary/aromatic N) is 2. The molecule has 3 heterocycles. The van der Waals surface area contributed by atoms with Gasteiger partial charge in [0.15, 0.2) is 0 Å². The van der Waals surface area contributed by atoms with Gasteiger partial charge < -0.3 is 18.3 Å². The Morgan fingerprint density at radius 2 is 0.955 bits per heavy atom. The third-order valence-electron chi connectivity index (χ3n) is 14.4. The van der Waals surface area contributed by atoms with E-state index >= 15 is 0 Å². The van der Waals surface area contributed by atoms with Gasteiger partial charge in [-0.15, -0.1) is 0 Å². The van der Waals surface area contributed by atoms with Crippen LogP contribution in [0.2, 0.25) is 0 Å². The molecule has 316 valence electrons. The second-order valence-corrected chi connectivity index (χ2v) is 18.4. The van der Waals surface area contributed by atoms with Gasteiger partial charge in [0.05, 0.1) is 33.5 Å². The van der Waals surface area contributed by atoms with Gasteiger partial charge in [-0.2, -0.15) is 0 Å². The van der Waals surface area contributed by atoms with Crippen LogP contribution in [0.5, 0.6) is 0 Å². The molecular formula is C63H42N2O2. The fourth-order valence-corrected chi connectivity index (χ4v) is 11.5. The first kappa shape index (κ1) is 37.7. The molecule has 14 rings (SSSR count). The molecule has 0 radical (unpaired) electrons. The van der Waals surface area contributed by atoms with E-state index in [2.05, 4.69) is 236 Å². The number of hydrogen-bond acceptors (Lipinski definition) is 3. The van der Waals surface area contributed by atoms with Crippen LogP contribution in [-0.2, 0) is 5.41 Å².